The molecule has 0 aliphatic carbocycles. The van der Waals surface area contributed by atoms with Crippen LogP contribution in [0.25, 0.3) is 22.0 Å². The number of aromatic nitrogens is 2. The molecule has 0 radical (unpaired) electrons. The van der Waals surface area contributed by atoms with Crippen molar-refractivity contribution in [2.75, 3.05) is 5.75 Å². The van der Waals surface area contributed by atoms with Crippen LogP contribution in [-0.4, -0.2) is 10.7 Å². The van der Waals surface area contributed by atoms with Gasteiger partial charge in [-0.1, -0.05) is 61.4 Å². The molecule has 3 rings (SSSR count). The summed E-state index contributed by atoms with van der Waals surface area (Å²) in [6.07, 6.45) is 1.88. The van der Waals surface area contributed by atoms with Crippen LogP contribution >= 0.6 is 11.8 Å². The van der Waals surface area contributed by atoms with E-state index < -0.39 is 0 Å². The Bertz CT molecular complexity index is 683. The first-order valence-corrected chi connectivity index (χ1v) is 7.58. The molecule has 0 atom stereocenters. The maximum Gasteiger partial charge on any atom is 0.0106 e. The predicted octanol–water partition coefficient (Wildman–Crippen LogP) is 4.11. The summed E-state index contributed by atoms with van der Waals surface area (Å²) in [5.41, 5.74) is 2.14. The van der Waals surface area contributed by atoms with Crippen LogP contribution in [0, 0.1) is 0 Å². The summed E-state index contributed by atoms with van der Waals surface area (Å²) < 4.78 is 0. The highest BCUT2D eigenvalue weighted by atomic mass is 32.2. The standard InChI is InChI=1S/C16H15N2S/c1-2-19-11-16-17-10-15(18-16)14-9-5-7-12-6-3-4-8-13(12)14/h3-10H,2,11H2,1H3/q-1. The summed E-state index contributed by atoms with van der Waals surface area (Å²) in [5.74, 6) is 2.91. The van der Waals surface area contributed by atoms with E-state index in [1.807, 2.05) is 18.0 Å². The molecule has 0 fully saturated rings. The number of hydrogen-bond acceptors (Lipinski definition) is 2. The molecule has 2 nitrogen and oxygen atoms in total. The summed E-state index contributed by atoms with van der Waals surface area (Å²) in [5, 5.41) is 2.48. The summed E-state index contributed by atoms with van der Waals surface area (Å²) in [4.78, 5) is 9.04. The topological polar surface area (TPSA) is 27.0 Å². The van der Waals surface area contributed by atoms with Crippen LogP contribution in [0.15, 0.2) is 48.7 Å². The Morgan fingerprint density at radius 3 is 2.84 bits per heavy atom. The molecule has 19 heavy (non-hydrogen) atoms. The van der Waals surface area contributed by atoms with Crippen molar-refractivity contribution in [1.29, 1.82) is 0 Å². The van der Waals surface area contributed by atoms with E-state index in [9.17, 15) is 0 Å². The van der Waals surface area contributed by atoms with Crippen molar-refractivity contribution in [3.05, 3.63) is 54.5 Å². The molecular weight excluding hydrogens is 252 g/mol. The first-order valence-electron chi connectivity index (χ1n) is 6.43. The lowest BCUT2D eigenvalue weighted by molar-refractivity contribution is 1.10. The van der Waals surface area contributed by atoms with Gasteiger partial charge in [0.1, 0.15) is 0 Å². The van der Waals surface area contributed by atoms with Crippen LogP contribution in [0.1, 0.15) is 12.7 Å². The van der Waals surface area contributed by atoms with E-state index in [1.165, 1.54) is 16.3 Å². The lowest BCUT2D eigenvalue weighted by Gasteiger charge is -2.07. The zero-order valence-electron chi connectivity index (χ0n) is 10.8. The average Bonchev–Trinajstić information content (AvgIpc) is 2.93. The average molecular weight is 267 g/mol. The zero-order chi connectivity index (χ0) is 13.1. The molecule has 0 spiro atoms. The minimum absolute atomic E-state index is 0.890. The Morgan fingerprint density at radius 2 is 1.95 bits per heavy atom. The second-order valence-corrected chi connectivity index (χ2v) is 5.61. The van der Waals surface area contributed by atoms with Gasteiger partial charge in [0.05, 0.1) is 0 Å². The van der Waals surface area contributed by atoms with E-state index in [0.717, 1.165) is 23.0 Å². The third kappa shape index (κ3) is 2.51. The van der Waals surface area contributed by atoms with Gasteiger partial charge in [-0.3, -0.25) is 0 Å². The second kappa shape index (κ2) is 5.49. The maximum absolute atomic E-state index is 4.64. The van der Waals surface area contributed by atoms with Crippen molar-refractivity contribution >= 4 is 22.5 Å². The van der Waals surface area contributed by atoms with Crippen LogP contribution in [-0.2, 0) is 5.75 Å². The Hall–Kier alpha value is -1.74. The van der Waals surface area contributed by atoms with Crippen molar-refractivity contribution < 1.29 is 0 Å². The molecule has 1 heterocycles. The number of imidazole rings is 1. The number of rotatable bonds is 4. The molecule has 0 aliphatic heterocycles. The zero-order valence-corrected chi connectivity index (χ0v) is 11.7. The molecule has 0 aliphatic rings. The van der Waals surface area contributed by atoms with Crippen molar-refractivity contribution in [2.45, 2.75) is 12.7 Å². The molecule has 0 saturated carbocycles. The van der Waals surface area contributed by atoms with E-state index in [1.54, 1.807) is 0 Å². The van der Waals surface area contributed by atoms with Gasteiger partial charge in [0.25, 0.3) is 0 Å². The number of thioether (sulfide) groups is 1. The molecule has 1 aromatic heterocycles. The molecule has 0 amide bonds. The van der Waals surface area contributed by atoms with Gasteiger partial charge in [-0.2, -0.15) is 11.8 Å². The van der Waals surface area contributed by atoms with Crippen molar-refractivity contribution in [1.82, 2.24) is 9.97 Å². The number of nitrogens with zero attached hydrogens (tertiary/aromatic N) is 2. The third-order valence-electron chi connectivity index (χ3n) is 3.09. The summed E-state index contributed by atoms with van der Waals surface area (Å²) >= 11 is 1.85. The molecule has 0 saturated heterocycles. The lowest BCUT2D eigenvalue weighted by Crippen LogP contribution is -1.86. The minimum Gasteiger partial charge on any atom is -0.445 e. The second-order valence-electron chi connectivity index (χ2n) is 4.34. The summed E-state index contributed by atoms with van der Waals surface area (Å²) in [6, 6.07) is 14.7. The number of benzene rings is 2. The largest absolute Gasteiger partial charge is 0.445 e. The van der Waals surface area contributed by atoms with Gasteiger partial charge in [-0.25, -0.2) is 0 Å². The van der Waals surface area contributed by atoms with Crippen molar-refractivity contribution in [3.63, 3.8) is 0 Å². The van der Waals surface area contributed by atoms with Gasteiger partial charge in [0.15, 0.2) is 0 Å². The third-order valence-corrected chi connectivity index (χ3v) is 3.96. The molecule has 0 N–H and O–H groups in total. The monoisotopic (exact) mass is 267 g/mol. The van der Waals surface area contributed by atoms with Gasteiger partial charge in [0.2, 0.25) is 0 Å². The van der Waals surface area contributed by atoms with E-state index in [-0.39, 0.29) is 0 Å². The Morgan fingerprint density at radius 1 is 1.11 bits per heavy atom. The summed E-state index contributed by atoms with van der Waals surface area (Å²) in [6.45, 7) is 2.15. The van der Waals surface area contributed by atoms with Crippen LogP contribution in [0.3, 0.4) is 0 Å². The van der Waals surface area contributed by atoms with Crippen LogP contribution < -0.4 is 4.98 Å². The van der Waals surface area contributed by atoms with Crippen LogP contribution in [0.2, 0.25) is 0 Å². The maximum atomic E-state index is 4.64. The van der Waals surface area contributed by atoms with Gasteiger partial charge in [-0.15, -0.1) is 0 Å². The summed E-state index contributed by atoms with van der Waals surface area (Å²) in [7, 11) is 0. The minimum atomic E-state index is 0.890. The first-order chi connectivity index (χ1) is 9.38. The fourth-order valence-corrected chi connectivity index (χ4v) is 2.70. The number of fused-ring (bicyclic) bond motifs is 1. The number of hydrogen-bond donors (Lipinski definition) is 0. The van der Waals surface area contributed by atoms with Gasteiger partial charge >= 0.3 is 0 Å². The SMILES string of the molecule is CCSCc1nc(-c2cccc3ccccc23)c[n-]1. The highest BCUT2D eigenvalue weighted by molar-refractivity contribution is 7.98. The van der Waals surface area contributed by atoms with Crippen molar-refractivity contribution in [2.24, 2.45) is 0 Å². The first kappa shape index (κ1) is 12.3. The quantitative estimate of drug-likeness (QED) is 0.711. The van der Waals surface area contributed by atoms with Crippen LogP contribution in [0.5, 0.6) is 0 Å². The van der Waals surface area contributed by atoms with E-state index in [2.05, 4.69) is 59.4 Å². The van der Waals surface area contributed by atoms with E-state index in [0.29, 0.717) is 0 Å². The van der Waals surface area contributed by atoms with Crippen LogP contribution in [0.4, 0.5) is 0 Å². The van der Waals surface area contributed by atoms with E-state index >= 15 is 0 Å². The smallest absolute Gasteiger partial charge is 0.0106 e. The Labute approximate surface area is 117 Å². The fourth-order valence-electron chi connectivity index (χ4n) is 2.17. The van der Waals surface area contributed by atoms with Gasteiger partial charge < -0.3 is 9.97 Å². The molecule has 0 unspecified atom stereocenters. The van der Waals surface area contributed by atoms with Gasteiger partial charge in [-0.05, 0) is 27.8 Å². The van der Waals surface area contributed by atoms with E-state index in [4.69, 9.17) is 0 Å². The molecule has 96 valence electrons. The lowest BCUT2D eigenvalue weighted by atomic mass is 10.0. The van der Waals surface area contributed by atoms with Crippen molar-refractivity contribution in [3.8, 4) is 11.3 Å². The van der Waals surface area contributed by atoms with Gasteiger partial charge in [0, 0.05) is 5.75 Å². The predicted molar refractivity (Wildman–Crippen MR) is 82.3 cm³/mol. The molecule has 3 aromatic rings. The Kier molecular flexibility index (Phi) is 3.56. The Balaban J connectivity index is 2.02. The molecular formula is C16H15N2S-. The highest BCUT2D eigenvalue weighted by Gasteiger charge is 2.01. The fraction of sp³-hybridized carbons (Fsp3) is 0.188. The highest BCUT2D eigenvalue weighted by Crippen LogP contribution is 2.27. The normalized spacial score (nSPS) is 11.0. The molecule has 0 bridgehead atoms. The molecule has 3 heteroatoms. The molecule has 2 aromatic carbocycles.